The summed E-state index contributed by atoms with van der Waals surface area (Å²) in [6.07, 6.45) is 0. The molecule has 1 heterocycles. The molecule has 0 saturated carbocycles. The first-order chi connectivity index (χ1) is 10.6. The Morgan fingerprint density at radius 3 is 2.68 bits per heavy atom. The monoisotopic (exact) mass is 333 g/mol. The summed E-state index contributed by atoms with van der Waals surface area (Å²) in [7, 11) is 1.93. The maximum atomic E-state index is 12.2. The summed E-state index contributed by atoms with van der Waals surface area (Å²) in [4.78, 5) is 16.7. The van der Waals surface area contributed by atoms with Gasteiger partial charge in [-0.3, -0.25) is 4.79 Å². The summed E-state index contributed by atoms with van der Waals surface area (Å²) in [6.45, 7) is 0.338. The lowest BCUT2D eigenvalue weighted by molar-refractivity contribution is 0.0949. The first-order valence-corrected chi connectivity index (χ1v) is 7.45. The Morgan fingerprint density at radius 2 is 1.95 bits per heavy atom. The van der Waals surface area contributed by atoms with Crippen molar-refractivity contribution in [3.05, 3.63) is 63.9 Å². The first kappa shape index (κ1) is 14.9. The molecule has 0 aliphatic rings. The molecule has 0 aliphatic carbocycles. The number of carbonyl (C=O) groups excluding carboxylic acids is 1. The third-order valence-corrected chi connectivity index (χ3v) is 4.21. The molecule has 22 heavy (non-hydrogen) atoms. The molecule has 6 heteroatoms. The summed E-state index contributed by atoms with van der Waals surface area (Å²) < 4.78 is 1.96. The van der Waals surface area contributed by atoms with Crippen LogP contribution >= 0.6 is 23.2 Å². The molecule has 1 aromatic heterocycles. The maximum absolute atomic E-state index is 12.2. The molecule has 4 nitrogen and oxygen atoms in total. The molecule has 0 atom stereocenters. The van der Waals surface area contributed by atoms with Gasteiger partial charge in [0.05, 0.1) is 27.6 Å². The number of imidazole rings is 1. The molecule has 0 saturated heterocycles. The molecular weight excluding hydrogens is 321 g/mol. The van der Waals surface area contributed by atoms with E-state index in [-0.39, 0.29) is 5.91 Å². The summed E-state index contributed by atoms with van der Waals surface area (Å²) in [6, 6.07) is 12.6. The summed E-state index contributed by atoms with van der Waals surface area (Å²) in [5.74, 6) is 0.570. The smallest absolute Gasteiger partial charge is 0.251 e. The number of nitrogens with one attached hydrogen (secondary N) is 1. The number of halogens is 2. The highest BCUT2D eigenvalue weighted by molar-refractivity contribution is 6.42. The topological polar surface area (TPSA) is 46.9 Å². The van der Waals surface area contributed by atoms with Crippen molar-refractivity contribution in [2.45, 2.75) is 6.54 Å². The number of fused-ring (bicyclic) bond motifs is 1. The van der Waals surface area contributed by atoms with Crippen molar-refractivity contribution in [1.82, 2.24) is 14.9 Å². The van der Waals surface area contributed by atoms with Crippen LogP contribution in [-0.4, -0.2) is 15.5 Å². The second-order valence-electron chi connectivity index (χ2n) is 4.89. The Balaban J connectivity index is 1.77. The molecule has 2 aromatic carbocycles. The van der Waals surface area contributed by atoms with E-state index >= 15 is 0 Å². The molecule has 0 unspecified atom stereocenters. The highest BCUT2D eigenvalue weighted by Gasteiger charge is 2.11. The molecule has 0 bridgehead atoms. The Bertz CT molecular complexity index is 858. The zero-order chi connectivity index (χ0) is 15.7. The van der Waals surface area contributed by atoms with E-state index in [1.807, 2.05) is 35.9 Å². The lowest BCUT2D eigenvalue weighted by atomic mass is 10.2. The molecule has 112 valence electrons. The molecule has 0 spiro atoms. The molecule has 3 aromatic rings. The highest BCUT2D eigenvalue weighted by Crippen LogP contribution is 2.22. The number of aromatic nitrogens is 2. The molecule has 3 rings (SSSR count). The minimum atomic E-state index is -0.217. The third kappa shape index (κ3) is 2.80. The number of para-hydroxylation sites is 2. The molecule has 0 fully saturated rings. The van der Waals surface area contributed by atoms with E-state index < -0.39 is 0 Å². The van der Waals surface area contributed by atoms with Gasteiger partial charge in [-0.25, -0.2) is 4.98 Å². The van der Waals surface area contributed by atoms with Crippen LogP contribution in [0.3, 0.4) is 0 Å². The minimum Gasteiger partial charge on any atom is -0.345 e. The van der Waals surface area contributed by atoms with Gasteiger partial charge in [0.15, 0.2) is 0 Å². The fourth-order valence-electron chi connectivity index (χ4n) is 2.25. The average Bonchev–Trinajstić information content (AvgIpc) is 2.84. The van der Waals surface area contributed by atoms with Gasteiger partial charge in [0.25, 0.3) is 5.91 Å². The van der Waals surface area contributed by atoms with Crippen LogP contribution in [0.15, 0.2) is 42.5 Å². The largest absolute Gasteiger partial charge is 0.345 e. The van der Waals surface area contributed by atoms with E-state index in [2.05, 4.69) is 10.3 Å². The van der Waals surface area contributed by atoms with Gasteiger partial charge in [-0.05, 0) is 30.3 Å². The molecule has 1 N–H and O–H groups in total. The van der Waals surface area contributed by atoms with Gasteiger partial charge in [-0.15, -0.1) is 0 Å². The number of hydrogen-bond acceptors (Lipinski definition) is 2. The van der Waals surface area contributed by atoms with Crippen molar-refractivity contribution < 1.29 is 4.79 Å². The van der Waals surface area contributed by atoms with E-state index in [1.54, 1.807) is 18.2 Å². The van der Waals surface area contributed by atoms with Crippen molar-refractivity contribution >= 4 is 40.1 Å². The zero-order valence-corrected chi connectivity index (χ0v) is 13.3. The molecule has 0 aliphatic heterocycles. The molecular formula is C16H13Cl2N3O. The number of hydrogen-bond donors (Lipinski definition) is 1. The lowest BCUT2D eigenvalue weighted by Crippen LogP contribution is -2.24. The Labute approximate surface area is 137 Å². The number of rotatable bonds is 3. The van der Waals surface area contributed by atoms with Crippen LogP contribution in [0.2, 0.25) is 10.0 Å². The normalized spacial score (nSPS) is 10.9. The first-order valence-electron chi connectivity index (χ1n) is 6.70. The Hall–Kier alpha value is -2.04. The van der Waals surface area contributed by atoms with Crippen molar-refractivity contribution in [1.29, 1.82) is 0 Å². The summed E-state index contributed by atoms with van der Waals surface area (Å²) in [5, 5.41) is 3.62. The average molecular weight is 334 g/mol. The van der Waals surface area contributed by atoms with Crippen LogP contribution in [0.1, 0.15) is 16.2 Å². The Morgan fingerprint density at radius 1 is 1.18 bits per heavy atom. The minimum absolute atomic E-state index is 0.217. The van der Waals surface area contributed by atoms with Gasteiger partial charge < -0.3 is 9.88 Å². The van der Waals surface area contributed by atoms with E-state index in [0.29, 0.717) is 22.2 Å². The molecule has 0 radical (unpaired) electrons. The lowest BCUT2D eigenvalue weighted by Gasteiger charge is -2.06. The predicted octanol–water partition coefficient (Wildman–Crippen LogP) is 3.81. The van der Waals surface area contributed by atoms with Crippen LogP contribution in [0.4, 0.5) is 0 Å². The van der Waals surface area contributed by atoms with E-state index in [1.165, 1.54) is 0 Å². The zero-order valence-electron chi connectivity index (χ0n) is 11.8. The van der Waals surface area contributed by atoms with Gasteiger partial charge in [0.2, 0.25) is 0 Å². The number of carbonyl (C=O) groups is 1. The van der Waals surface area contributed by atoms with Crippen LogP contribution in [0.25, 0.3) is 11.0 Å². The van der Waals surface area contributed by atoms with E-state index in [0.717, 1.165) is 16.9 Å². The fourth-order valence-corrected chi connectivity index (χ4v) is 2.55. The van der Waals surface area contributed by atoms with Gasteiger partial charge in [-0.1, -0.05) is 35.3 Å². The van der Waals surface area contributed by atoms with Gasteiger partial charge in [0.1, 0.15) is 5.82 Å². The second kappa shape index (κ2) is 5.99. The van der Waals surface area contributed by atoms with E-state index in [4.69, 9.17) is 23.2 Å². The summed E-state index contributed by atoms with van der Waals surface area (Å²) in [5.41, 5.74) is 2.40. The molecule has 1 amide bonds. The van der Waals surface area contributed by atoms with Crippen LogP contribution in [0, 0.1) is 0 Å². The predicted molar refractivity (Wildman–Crippen MR) is 88.3 cm³/mol. The van der Waals surface area contributed by atoms with Crippen molar-refractivity contribution in [3.63, 3.8) is 0 Å². The van der Waals surface area contributed by atoms with Crippen molar-refractivity contribution in [3.8, 4) is 0 Å². The number of benzene rings is 2. The van der Waals surface area contributed by atoms with E-state index in [9.17, 15) is 4.79 Å². The van der Waals surface area contributed by atoms with Crippen molar-refractivity contribution in [2.75, 3.05) is 0 Å². The highest BCUT2D eigenvalue weighted by atomic mass is 35.5. The SMILES string of the molecule is Cn1c(CNC(=O)c2ccc(Cl)c(Cl)c2)nc2ccccc21. The van der Waals surface area contributed by atoms with Gasteiger partial charge in [-0.2, -0.15) is 0 Å². The van der Waals surface area contributed by atoms with Gasteiger partial charge >= 0.3 is 0 Å². The quantitative estimate of drug-likeness (QED) is 0.792. The third-order valence-electron chi connectivity index (χ3n) is 3.47. The van der Waals surface area contributed by atoms with Crippen LogP contribution < -0.4 is 5.32 Å². The van der Waals surface area contributed by atoms with Gasteiger partial charge in [0, 0.05) is 12.6 Å². The maximum Gasteiger partial charge on any atom is 0.251 e. The fraction of sp³-hybridized carbons (Fsp3) is 0.125. The van der Waals surface area contributed by atoms with Crippen LogP contribution in [-0.2, 0) is 13.6 Å². The standard InChI is InChI=1S/C16H13Cl2N3O/c1-21-14-5-3-2-4-13(14)20-15(21)9-19-16(22)10-6-7-11(17)12(18)8-10/h2-8H,9H2,1H3,(H,19,22). The van der Waals surface area contributed by atoms with Crippen molar-refractivity contribution in [2.24, 2.45) is 7.05 Å². The number of aryl methyl sites for hydroxylation is 1. The van der Waals surface area contributed by atoms with Crippen LogP contribution in [0.5, 0.6) is 0 Å². The number of amides is 1. The summed E-state index contributed by atoms with van der Waals surface area (Å²) >= 11 is 11.8. The second-order valence-corrected chi connectivity index (χ2v) is 5.70. The Kier molecular flexibility index (Phi) is 4.05. The number of nitrogens with zero attached hydrogens (tertiary/aromatic N) is 2.